The highest BCUT2D eigenvalue weighted by molar-refractivity contribution is 7.87. The Balaban J connectivity index is -0.000000543. The van der Waals surface area contributed by atoms with Gasteiger partial charge in [-0.15, -0.1) is 0 Å². The zero-order valence-electron chi connectivity index (χ0n) is 25.0. The minimum absolute atomic E-state index is 0.0501. The van der Waals surface area contributed by atoms with Crippen LogP contribution in [0.2, 0.25) is 0 Å². The second kappa shape index (κ2) is 17.5. The van der Waals surface area contributed by atoms with Gasteiger partial charge in [-0.05, 0) is 48.5 Å². The summed E-state index contributed by atoms with van der Waals surface area (Å²) in [5, 5.41) is 0. The Labute approximate surface area is 248 Å². The zero-order valence-corrected chi connectivity index (χ0v) is 27.4. The molecule has 0 aromatic rings. The van der Waals surface area contributed by atoms with E-state index in [1.54, 1.807) is 6.92 Å². The molecule has 1 unspecified atom stereocenters. The van der Waals surface area contributed by atoms with Crippen molar-refractivity contribution >= 4 is 48.3 Å². The molecule has 0 spiro atoms. The molecule has 246 valence electrons. The largest absolute Gasteiger partial charge is 0.462 e. The molecule has 0 fully saturated rings. The minimum Gasteiger partial charge on any atom is -0.462 e. The average molecular weight is 667 g/mol. The lowest BCUT2D eigenvalue weighted by atomic mass is 10.2. The third-order valence-electron chi connectivity index (χ3n) is 4.19. The quantitative estimate of drug-likeness (QED) is 0.110. The molecule has 0 aromatic carbocycles. The highest BCUT2D eigenvalue weighted by Gasteiger charge is 2.34. The van der Waals surface area contributed by atoms with Gasteiger partial charge >= 0.3 is 17.9 Å². The van der Waals surface area contributed by atoms with Gasteiger partial charge in [0.1, 0.15) is 22.7 Å². The minimum atomic E-state index is -4.23. The van der Waals surface area contributed by atoms with E-state index < -0.39 is 82.6 Å². The van der Waals surface area contributed by atoms with Gasteiger partial charge in [0.05, 0.1) is 12.4 Å². The van der Waals surface area contributed by atoms with Crippen LogP contribution >= 0.6 is 0 Å². The normalized spacial score (nSPS) is 12.6. The molecule has 42 heavy (non-hydrogen) atoms. The van der Waals surface area contributed by atoms with Crippen molar-refractivity contribution in [1.82, 2.24) is 0 Å². The smallest absolute Gasteiger partial charge is 0.333 e. The summed E-state index contributed by atoms with van der Waals surface area (Å²) in [6.45, 7) is 20.8. The Hall–Kier alpha value is -2.64. The number of ether oxygens (including phenoxy) is 3. The lowest BCUT2D eigenvalue weighted by Crippen LogP contribution is -2.37. The number of hydrogen-bond acceptors (Lipinski definition) is 12. The fourth-order valence-corrected chi connectivity index (χ4v) is 3.95. The molecule has 0 bridgehead atoms. The third-order valence-corrected chi connectivity index (χ3v) is 7.75. The molecule has 3 N–H and O–H groups in total. The van der Waals surface area contributed by atoms with E-state index in [-0.39, 0.29) is 23.3 Å². The highest BCUT2D eigenvalue weighted by atomic mass is 32.2. The number of carbonyl (C=O) groups excluding carboxylic acids is 3. The Morgan fingerprint density at radius 2 is 1.10 bits per heavy atom. The van der Waals surface area contributed by atoms with Crippen LogP contribution in [-0.4, -0.2) is 91.9 Å². The Kier molecular flexibility index (Phi) is 18.2. The summed E-state index contributed by atoms with van der Waals surface area (Å²) in [6.07, 6.45) is 0. The van der Waals surface area contributed by atoms with E-state index in [2.05, 4.69) is 24.5 Å². The summed E-state index contributed by atoms with van der Waals surface area (Å²) >= 11 is 0. The summed E-state index contributed by atoms with van der Waals surface area (Å²) in [5.74, 6) is -3.42. The van der Waals surface area contributed by atoms with E-state index in [0.717, 1.165) is 0 Å². The van der Waals surface area contributed by atoms with E-state index in [9.17, 15) is 39.6 Å². The van der Waals surface area contributed by atoms with Crippen molar-refractivity contribution in [2.24, 2.45) is 5.92 Å². The first-order chi connectivity index (χ1) is 18.3. The fourth-order valence-electron chi connectivity index (χ4n) is 1.99. The van der Waals surface area contributed by atoms with E-state index in [0.29, 0.717) is 0 Å². The molecule has 0 rings (SSSR count). The monoisotopic (exact) mass is 666 g/mol. The van der Waals surface area contributed by atoms with Crippen molar-refractivity contribution in [2.45, 2.75) is 65.7 Å². The molecule has 15 nitrogen and oxygen atoms in total. The van der Waals surface area contributed by atoms with Gasteiger partial charge in [0.25, 0.3) is 30.4 Å². The molecule has 0 saturated heterocycles. The molecule has 0 aliphatic carbocycles. The Bertz CT molecular complexity index is 1320. The van der Waals surface area contributed by atoms with Gasteiger partial charge in [-0.1, -0.05) is 26.7 Å². The second-order valence-corrected chi connectivity index (χ2v) is 15.5. The van der Waals surface area contributed by atoms with Crippen LogP contribution < -0.4 is 0 Å². The number of rotatable bonds is 13. The lowest BCUT2D eigenvalue weighted by Gasteiger charge is -2.23. The van der Waals surface area contributed by atoms with Gasteiger partial charge in [0, 0.05) is 22.6 Å². The van der Waals surface area contributed by atoms with Crippen LogP contribution in [0.5, 0.6) is 0 Å². The molecule has 18 heteroatoms. The molecule has 0 aromatic heterocycles. The standard InChI is InChI=1S/3C8H14O5S/c1-6(2)7(9)13-8(3,4)5-14(10,11)12;1-6(2)7(9)13-5-8(3,4)14(10,11)12;1-6(2)8(9)13-4-7(3)5-14(10,11)12/h2*1,5H2,2-4H3,(H,10,11,12);7H,1,4-5H2,2-3H3,(H,10,11,12). The van der Waals surface area contributed by atoms with Crippen molar-refractivity contribution in [1.29, 1.82) is 0 Å². The molecule has 0 saturated carbocycles. The van der Waals surface area contributed by atoms with E-state index in [1.165, 1.54) is 48.5 Å². The highest BCUT2D eigenvalue weighted by Crippen LogP contribution is 2.16. The van der Waals surface area contributed by atoms with Gasteiger partial charge < -0.3 is 14.2 Å². The maximum Gasteiger partial charge on any atom is 0.333 e. The summed E-state index contributed by atoms with van der Waals surface area (Å²) in [4.78, 5) is 32.8. The second-order valence-electron chi connectivity index (χ2n) is 10.5. The predicted octanol–water partition coefficient (Wildman–Crippen LogP) is 2.17. The van der Waals surface area contributed by atoms with E-state index in [4.69, 9.17) is 23.1 Å². The van der Waals surface area contributed by atoms with Gasteiger partial charge in [-0.3, -0.25) is 13.7 Å². The third kappa shape index (κ3) is 24.0. The maximum atomic E-state index is 11.0. The number of esters is 3. The summed E-state index contributed by atoms with van der Waals surface area (Å²) < 4.78 is 102. The average Bonchev–Trinajstić information content (AvgIpc) is 2.72. The topological polar surface area (TPSA) is 242 Å². The number of carbonyl (C=O) groups is 3. The van der Waals surface area contributed by atoms with Crippen molar-refractivity contribution < 1.29 is 67.5 Å². The van der Waals surface area contributed by atoms with Crippen molar-refractivity contribution in [3.05, 3.63) is 36.5 Å². The number of hydrogen-bond donors (Lipinski definition) is 3. The van der Waals surface area contributed by atoms with Crippen LogP contribution in [0.1, 0.15) is 55.4 Å². The summed E-state index contributed by atoms with van der Waals surface area (Å²) in [7, 11) is -12.4. The zero-order chi connectivity index (χ0) is 34.5. The van der Waals surface area contributed by atoms with Gasteiger partial charge in [-0.2, -0.15) is 25.3 Å². The van der Waals surface area contributed by atoms with Crippen LogP contribution in [-0.2, 0) is 58.9 Å². The molecule has 0 aliphatic heterocycles. The van der Waals surface area contributed by atoms with Gasteiger partial charge in [-0.25, -0.2) is 14.4 Å². The molecular formula is C24H42O15S3. The van der Waals surface area contributed by atoms with Crippen molar-refractivity contribution in [3.8, 4) is 0 Å². The fraction of sp³-hybridized carbons (Fsp3) is 0.625. The Morgan fingerprint density at radius 3 is 1.40 bits per heavy atom. The first-order valence-corrected chi connectivity index (χ1v) is 16.4. The first kappa shape index (κ1) is 43.8. The van der Waals surface area contributed by atoms with Crippen LogP contribution in [0.4, 0.5) is 0 Å². The summed E-state index contributed by atoms with van der Waals surface area (Å²) in [6, 6.07) is 0. The van der Waals surface area contributed by atoms with Crippen LogP contribution in [0.15, 0.2) is 36.5 Å². The summed E-state index contributed by atoms with van der Waals surface area (Å²) in [5.41, 5.74) is -0.655. The molecule has 0 heterocycles. The van der Waals surface area contributed by atoms with Crippen LogP contribution in [0, 0.1) is 5.92 Å². The predicted molar refractivity (Wildman–Crippen MR) is 154 cm³/mol. The molecule has 0 amide bonds. The molecular weight excluding hydrogens is 624 g/mol. The SMILES string of the molecule is C=C(C)C(=O)OC(C)(C)CS(=O)(=O)O.C=C(C)C(=O)OCC(C)(C)S(=O)(=O)O.C=C(C)C(=O)OCC(C)CS(=O)(=O)O. The van der Waals surface area contributed by atoms with Crippen molar-refractivity contribution in [2.75, 3.05) is 24.7 Å². The molecule has 0 aliphatic rings. The van der Waals surface area contributed by atoms with Crippen LogP contribution in [0.3, 0.4) is 0 Å². The lowest BCUT2D eigenvalue weighted by molar-refractivity contribution is -0.149. The molecule has 0 radical (unpaired) electrons. The van der Waals surface area contributed by atoms with E-state index >= 15 is 0 Å². The maximum absolute atomic E-state index is 11.0. The van der Waals surface area contributed by atoms with Crippen molar-refractivity contribution in [3.63, 3.8) is 0 Å². The van der Waals surface area contributed by atoms with Gasteiger partial charge in [0.15, 0.2) is 0 Å². The molecule has 1 atom stereocenters. The first-order valence-electron chi connectivity index (χ1n) is 11.7. The Morgan fingerprint density at radius 1 is 0.714 bits per heavy atom. The van der Waals surface area contributed by atoms with Crippen LogP contribution in [0.25, 0.3) is 0 Å². The van der Waals surface area contributed by atoms with Gasteiger partial charge in [0.2, 0.25) is 0 Å². The van der Waals surface area contributed by atoms with E-state index in [1.807, 2.05) is 0 Å².